The van der Waals surface area contributed by atoms with Crippen LogP contribution in [0.3, 0.4) is 0 Å². The molecule has 0 spiro atoms. The molecule has 2 N–H and O–H groups in total. The molecule has 0 unspecified atom stereocenters. The second-order valence-electron chi connectivity index (χ2n) is 5.07. The number of carbonyl (C=O) groups excluding carboxylic acids is 1. The summed E-state index contributed by atoms with van der Waals surface area (Å²) >= 11 is 0. The fourth-order valence-electron chi connectivity index (χ4n) is 2.52. The molecule has 0 saturated heterocycles. The minimum atomic E-state index is 0.150. The number of amides is 1. The maximum atomic E-state index is 11.7. The standard InChI is InChI=1S/C15H18N4O/c1-16-6-5-14-17-9-12(18-14)10-3-4-13-11(7-10)8-15(20)19(13)2/h3-4,7,9,16H,5-6,8H2,1-2H3,(H,17,18). The normalized spacial score (nSPS) is 13.9. The molecule has 0 atom stereocenters. The Balaban J connectivity index is 1.87. The first-order valence-electron chi connectivity index (χ1n) is 6.77. The van der Waals surface area contributed by atoms with Crippen LogP contribution in [0.15, 0.2) is 24.4 Å². The van der Waals surface area contributed by atoms with Crippen molar-refractivity contribution in [1.29, 1.82) is 0 Å². The van der Waals surface area contributed by atoms with E-state index >= 15 is 0 Å². The Hall–Kier alpha value is -2.14. The third-order valence-corrected chi connectivity index (χ3v) is 3.71. The number of benzene rings is 1. The molecule has 3 rings (SSSR count). The molecule has 0 aliphatic carbocycles. The van der Waals surface area contributed by atoms with Crippen molar-refractivity contribution in [3.63, 3.8) is 0 Å². The third-order valence-electron chi connectivity index (χ3n) is 3.71. The zero-order chi connectivity index (χ0) is 14.1. The smallest absolute Gasteiger partial charge is 0.231 e. The Morgan fingerprint density at radius 3 is 3.10 bits per heavy atom. The van der Waals surface area contributed by atoms with Crippen molar-refractivity contribution < 1.29 is 4.79 Å². The number of imidazole rings is 1. The average molecular weight is 270 g/mol. The van der Waals surface area contributed by atoms with Gasteiger partial charge in [0.15, 0.2) is 0 Å². The second-order valence-corrected chi connectivity index (χ2v) is 5.07. The number of anilines is 1. The zero-order valence-electron chi connectivity index (χ0n) is 11.7. The molecule has 1 aromatic heterocycles. The number of aromatic amines is 1. The van der Waals surface area contributed by atoms with Gasteiger partial charge in [0, 0.05) is 25.7 Å². The van der Waals surface area contributed by atoms with E-state index in [4.69, 9.17) is 0 Å². The number of fused-ring (bicyclic) bond motifs is 1. The largest absolute Gasteiger partial charge is 0.342 e. The first kappa shape index (κ1) is 12.9. The van der Waals surface area contributed by atoms with Gasteiger partial charge in [-0.25, -0.2) is 4.98 Å². The number of rotatable bonds is 4. The van der Waals surface area contributed by atoms with Crippen molar-refractivity contribution in [2.45, 2.75) is 12.8 Å². The van der Waals surface area contributed by atoms with Gasteiger partial charge in [-0.1, -0.05) is 6.07 Å². The van der Waals surface area contributed by atoms with Gasteiger partial charge in [-0.2, -0.15) is 0 Å². The number of hydrogen-bond acceptors (Lipinski definition) is 3. The van der Waals surface area contributed by atoms with E-state index in [1.165, 1.54) is 0 Å². The highest BCUT2D eigenvalue weighted by molar-refractivity contribution is 6.01. The van der Waals surface area contributed by atoms with E-state index in [-0.39, 0.29) is 5.91 Å². The lowest BCUT2D eigenvalue weighted by Gasteiger charge is -2.10. The van der Waals surface area contributed by atoms with E-state index in [0.29, 0.717) is 6.42 Å². The highest BCUT2D eigenvalue weighted by Gasteiger charge is 2.24. The van der Waals surface area contributed by atoms with Crippen molar-refractivity contribution >= 4 is 11.6 Å². The van der Waals surface area contributed by atoms with Crippen LogP contribution >= 0.6 is 0 Å². The fraction of sp³-hybridized carbons (Fsp3) is 0.333. The van der Waals surface area contributed by atoms with E-state index in [1.807, 2.05) is 32.4 Å². The van der Waals surface area contributed by atoms with Crippen LogP contribution in [0.4, 0.5) is 5.69 Å². The predicted octanol–water partition coefficient (Wildman–Crippen LogP) is 1.36. The monoisotopic (exact) mass is 270 g/mol. The van der Waals surface area contributed by atoms with Crippen molar-refractivity contribution in [3.8, 4) is 11.3 Å². The molecule has 1 aromatic carbocycles. The molecule has 2 aromatic rings. The van der Waals surface area contributed by atoms with Crippen molar-refractivity contribution in [2.24, 2.45) is 0 Å². The molecular weight excluding hydrogens is 252 g/mol. The topological polar surface area (TPSA) is 61.0 Å². The molecule has 104 valence electrons. The van der Waals surface area contributed by atoms with Crippen LogP contribution in [0.1, 0.15) is 11.4 Å². The second kappa shape index (κ2) is 5.09. The van der Waals surface area contributed by atoms with E-state index in [1.54, 1.807) is 4.90 Å². The summed E-state index contributed by atoms with van der Waals surface area (Å²) in [4.78, 5) is 21.1. The summed E-state index contributed by atoms with van der Waals surface area (Å²) in [6.45, 7) is 0.899. The maximum absolute atomic E-state index is 11.7. The summed E-state index contributed by atoms with van der Waals surface area (Å²) in [7, 11) is 3.75. The first-order valence-corrected chi connectivity index (χ1v) is 6.77. The van der Waals surface area contributed by atoms with E-state index in [0.717, 1.165) is 41.3 Å². The van der Waals surface area contributed by atoms with Crippen molar-refractivity contribution in [1.82, 2.24) is 15.3 Å². The van der Waals surface area contributed by atoms with Crippen molar-refractivity contribution in [2.75, 3.05) is 25.5 Å². The van der Waals surface area contributed by atoms with Crippen LogP contribution in [0.25, 0.3) is 11.3 Å². The Morgan fingerprint density at radius 2 is 2.30 bits per heavy atom. The number of hydrogen-bond donors (Lipinski definition) is 2. The lowest BCUT2D eigenvalue weighted by atomic mass is 10.1. The van der Waals surface area contributed by atoms with Crippen LogP contribution < -0.4 is 10.2 Å². The van der Waals surface area contributed by atoms with Gasteiger partial charge >= 0.3 is 0 Å². The quantitative estimate of drug-likeness (QED) is 0.882. The molecule has 2 heterocycles. The lowest BCUT2D eigenvalue weighted by Crippen LogP contribution is -2.20. The molecule has 0 radical (unpaired) electrons. The van der Waals surface area contributed by atoms with Gasteiger partial charge in [0.1, 0.15) is 5.82 Å². The summed E-state index contributed by atoms with van der Waals surface area (Å²) in [6.07, 6.45) is 3.22. The maximum Gasteiger partial charge on any atom is 0.231 e. The Kier molecular flexibility index (Phi) is 3.28. The molecule has 1 aliphatic rings. The van der Waals surface area contributed by atoms with Gasteiger partial charge < -0.3 is 15.2 Å². The Bertz CT molecular complexity index is 647. The van der Waals surface area contributed by atoms with Crippen LogP contribution in [0.2, 0.25) is 0 Å². The molecule has 0 fully saturated rings. The predicted molar refractivity (Wildman–Crippen MR) is 78.8 cm³/mol. The Labute approximate surface area is 118 Å². The molecule has 1 aliphatic heterocycles. The molecule has 5 heteroatoms. The average Bonchev–Trinajstić information content (AvgIpc) is 3.02. The molecule has 20 heavy (non-hydrogen) atoms. The third kappa shape index (κ3) is 2.20. The van der Waals surface area contributed by atoms with E-state index in [9.17, 15) is 4.79 Å². The van der Waals surface area contributed by atoms with Crippen LogP contribution in [-0.2, 0) is 17.6 Å². The Morgan fingerprint density at radius 1 is 1.45 bits per heavy atom. The van der Waals surface area contributed by atoms with Gasteiger partial charge in [0.25, 0.3) is 0 Å². The summed E-state index contributed by atoms with van der Waals surface area (Å²) in [5, 5.41) is 3.11. The molecule has 1 amide bonds. The van der Waals surface area contributed by atoms with Crippen LogP contribution in [0.5, 0.6) is 0 Å². The van der Waals surface area contributed by atoms with Crippen LogP contribution in [-0.4, -0.2) is 36.5 Å². The number of nitrogens with zero attached hydrogens (tertiary/aromatic N) is 2. The summed E-state index contributed by atoms with van der Waals surface area (Å²) in [5.41, 5.74) is 4.17. The van der Waals surface area contributed by atoms with Gasteiger partial charge in [-0.3, -0.25) is 4.79 Å². The summed E-state index contributed by atoms with van der Waals surface area (Å²) < 4.78 is 0. The number of carbonyl (C=O) groups is 1. The fourth-order valence-corrected chi connectivity index (χ4v) is 2.52. The highest BCUT2D eigenvalue weighted by Crippen LogP contribution is 2.31. The van der Waals surface area contributed by atoms with Crippen LogP contribution in [0, 0.1) is 0 Å². The highest BCUT2D eigenvalue weighted by atomic mass is 16.2. The number of likely N-dealkylation sites (N-methyl/N-ethyl adjacent to an activating group) is 2. The first-order chi connectivity index (χ1) is 9.69. The van der Waals surface area contributed by atoms with E-state index < -0.39 is 0 Å². The van der Waals surface area contributed by atoms with Gasteiger partial charge in [0.2, 0.25) is 5.91 Å². The number of aromatic nitrogens is 2. The summed E-state index contributed by atoms with van der Waals surface area (Å²) in [6, 6.07) is 6.11. The SMILES string of the molecule is CNCCc1ncc(-c2ccc3c(c2)CC(=O)N3C)[nH]1. The summed E-state index contributed by atoms with van der Waals surface area (Å²) in [5.74, 6) is 1.12. The minimum absolute atomic E-state index is 0.150. The molecule has 5 nitrogen and oxygen atoms in total. The molecular formula is C15H18N4O. The van der Waals surface area contributed by atoms with Gasteiger partial charge in [-0.15, -0.1) is 0 Å². The van der Waals surface area contributed by atoms with Gasteiger partial charge in [-0.05, 0) is 30.3 Å². The van der Waals surface area contributed by atoms with E-state index in [2.05, 4.69) is 21.4 Å². The van der Waals surface area contributed by atoms with Crippen molar-refractivity contribution in [3.05, 3.63) is 35.8 Å². The van der Waals surface area contributed by atoms with Gasteiger partial charge in [0.05, 0.1) is 18.3 Å². The minimum Gasteiger partial charge on any atom is -0.342 e. The number of nitrogens with one attached hydrogen (secondary N) is 2. The number of H-pyrrole nitrogens is 1. The molecule has 0 bridgehead atoms. The lowest BCUT2D eigenvalue weighted by molar-refractivity contribution is -0.117. The zero-order valence-corrected chi connectivity index (χ0v) is 11.7. The molecule has 0 saturated carbocycles.